The van der Waals surface area contributed by atoms with Crippen molar-refractivity contribution in [1.29, 1.82) is 0 Å². The molecule has 13 heavy (non-hydrogen) atoms. The molecule has 0 radical (unpaired) electrons. The zero-order valence-corrected chi connectivity index (χ0v) is 7.91. The third-order valence-electron chi connectivity index (χ3n) is 2.06. The maximum atomic E-state index is 11.5. The van der Waals surface area contributed by atoms with Gasteiger partial charge in [-0.3, -0.25) is 4.79 Å². The summed E-state index contributed by atoms with van der Waals surface area (Å²) in [5, 5.41) is 6.23. The molecule has 0 aliphatic heterocycles. The molecule has 4 heteroatoms. The minimum atomic E-state index is 0.0354. The largest absolute Gasteiger partial charge is 0.363 e. The van der Waals surface area contributed by atoms with E-state index < -0.39 is 0 Å². The number of carbonyl (C=O) groups excluding carboxylic acids is 1. The van der Waals surface area contributed by atoms with Crippen LogP contribution < -0.4 is 5.32 Å². The highest BCUT2D eigenvalue weighted by Crippen LogP contribution is 2.11. The van der Waals surface area contributed by atoms with Crippen LogP contribution in [0.15, 0.2) is 17.0 Å². The number of aromatic nitrogens is 1. The quantitative estimate of drug-likeness (QED) is 0.775. The van der Waals surface area contributed by atoms with Gasteiger partial charge in [0.25, 0.3) is 0 Å². The summed E-state index contributed by atoms with van der Waals surface area (Å²) in [6.45, 7) is 4.00. The van der Waals surface area contributed by atoms with Crippen LogP contribution in [0.1, 0.15) is 26.7 Å². The number of nitrogens with one attached hydrogen (secondary N) is 1. The molecule has 72 valence electrons. The van der Waals surface area contributed by atoms with Gasteiger partial charge in [-0.2, -0.15) is 0 Å². The highest BCUT2D eigenvalue weighted by atomic mass is 16.5. The molecule has 1 aromatic rings. The molecular formula is C9H14N2O2. The second kappa shape index (κ2) is 4.64. The molecule has 0 fully saturated rings. The van der Waals surface area contributed by atoms with E-state index in [0.717, 1.165) is 12.8 Å². The van der Waals surface area contributed by atoms with E-state index in [1.807, 2.05) is 13.8 Å². The minimum Gasteiger partial charge on any atom is -0.363 e. The van der Waals surface area contributed by atoms with Crippen LogP contribution in [0.25, 0.3) is 0 Å². The molecular weight excluding hydrogens is 168 g/mol. The Morgan fingerprint density at radius 1 is 1.62 bits per heavy atom. The lowest BCUT2D eigenvalue weighted by atomic mass is 10.0. The molecule has 0 unspecified atom stereocenters. The van der Waals surface area contributed by atoms with Crippen LogP contribution in [0.5, 0.6) is 0 Å². The van der Waals surface area contributed by atoms with Crippen molar-refractivity contribution in [2.45, 2.75) is 26.7 Å². The van der Waals surface area contributed by atoms with Crippen LogP contribution in [0.2, 0.25) is 0 Å². The van der Waals surface area contributed by atoms with Crippen LogP contribution >= 0.6 is 0 Å². The number of nitrogens with zero attached hydrogens (tertiary/aromatic N) is 1. The van der Waals surface area contributed by atoms with E-state index in [1.165, 1.54) is 12.5 Å². The molecule has 4 nitrogen and oxygen atoms in total. The summed E-state index contributed by atoms with van der Waals surface area (Å²) in [5.41, 5.74) is 0.622. The van der Waals surface area contributed by atoms with Crippen molar-refractivity contribution in [2.24, 2.45) is 5.92 Å². The molecule has 1 rings (SSSR count). The Morgan fingerprint density at radius 2 is 2.31 bits per heavy atom. The fraction of sp³-hybridized carbons (Fsp3) is 0.556. The smallest absolute Gasteiger partial charge is 0.227 e. The van der Waals surface area contributed by atoms with Gasteiger partial charge in [0.05, 0.1) is 6.20 Å². The van der Waals surface area contributed by atoms with Gasteiger partial charge in [0, 0.05) is 5.92 Å². The number of carbonyl (C=O) groups is 1. The topological polar surface area (TPSA) is 55.1 Å². The lowest BCUT2D eigenvalue weighted by molar-refractivity contribution is -0.120. The zero-order chi connectivity index (χ0) is 9.68. The molecule has 0 spiro atoms. The van der Waals surface area contributed by atoms with E-state index in [1.54, 1.807) is 0 Å². The Labute approximate surface area is 77.3 Å². The molecule has 1 amide bonds. The van der Waals surface area contributed by atoms with Crippen molar-refractivity contribution >= 4 is 11.6 Å². The van der Waals surface area contributed by atoms with Crippen LogP contribution in [0, 0.1) is 5.92 Å². The van der Waals surface area contributed by atoms with Crippen LogP contribution in [0.3, 0.4) is 0 Å². The summed E-state index contributed by atoms with van der Waals surface area (Å²) in [4.78, 5) is 11.5. The lowest BCUT2D eigenvalue weighted by Gasteiger charge is -2.10. The summed E-state index contributed by atoms with van der Waals surface area (Å²) < 4.78 is 4.60. The van der Waals surface area contributed by atoms with Gasteiger partial charge in [0.2, 0.25) is 5.91 Å². The van der Waals surface area contributed by atoms with E-state index in [-0.39, 0.29) is 11.8 Å². The Hall–Kier alpha value is -1.32. The molecule has 0 atom stereocenters. The first kappa shape index (κ1) is 9.77. The summed E-state index contributed by atoms with van der Waals surface area (Å²) >= 11 is 0. The maximum Gasteiger partial charge on any atom is 0.227 e. The van der Waals surface area contributed by atoms with Gasteiger partial charge in [0.1, 0.15) is 12.0 Å². The van der Waals surface area contributed by atoms with Gasteiger partial charge in [-0.05, 0) is 12.8 Å². The Balaban J connectivity index is 2.49. The molecule has 0 aromatic carbocycles. The van der Waals surface area contributed by atoms with Gasteiger partial charge in [-0.1, -0.05) is 19.0 Å². The second-order valence-corrected chi connectivity index (χ2v) is 2.92. The number of hydrogen-bond acceptors (Lipinski definition) is 3. The Bertz CT molecular complexity index is 253. The molecule has 1 aromatic heterocycles. The molecule has 0 aliphatic rings. The van der Waals surface area contributed by atoms with E-state index in [9.17, 15) is 4.79 Å². The SMILES string of the molecule is CCC(CC)C(=O)Nc1cnoc1. The van der Waals surface area contributed by atoms with E-state index in [2.05, 4.69) is 15.0 Å². The van der Waals surface area contributed by atoms with Gasteiger partial charge in [-0.25, -0.2) is 0 Å². The van der Waals surface area contributed by atoms with Crippen LogP contribution in [-0.2, 0) is 4.79 Å². The molecule has 0 aliphatic carbocycles. The fourth-order valence-corrected chi connectivity index (χ4v) is 1.17. The Morgan fingerprint density at radius 3 is 2.77 bits per heavy atom. The van der Waals surface area contributed by atoms with Gasteiger partial charge >= 0.3 is 0 Å². The normalized spacial score (nSPS) is 10.4. The van der Waals surface area contributed by atoms with Gasteiger partial charge in [0.15, 0.2) is 0 Å². The van der Waals surface area contributed by atoms with Crippen molar-refractivity contribution in [3.8, 4) is 0 Å². The number of rotatable bonds is 4. The van der Waals surface area contributed by atoms with Crippen molar-refractivity contribution in [3.63, 3.8) is 0 Å². The maximum absolute atomic E-state index is 11.5. The zero-order valence-electron chi connectivity index (χ0n) is 7.91. The summed E-state index contributed by atoms with van der Waals surface area (Å²) in [5.74, 6) is 0.114. The number of hydrogen-bond donors (Lipinski definition) is 1. The van der Waals surface area contributed by atoms with Crippen LogP contribution in [-0.4, -0.2) is 11.1 Å². The summed E-state index contributed by atoms with van der Waals surface area (Å²) in [6, 6.07) is 0. The average Bonchev–Trinajstić information content (AvgIpc) is 2.59. The Kier molecular flexibility index (Phi) is 3.49. The predicted octanol–water partition coefficient (Wildman–Crippen LogP) is 2.05. The number of amides is 1. The minimum absolute atomic E-state index is 0.0354. The van der Waals surface area contributed by atoms with Crippen molar-refractivity contribution in [2.75, 3.05) is 5.32 Å². The summed E-state index contributed by atoms with van der Waals surface area (Å²) in [7, 11) is 0. The monoisotopic (exact) mass is 182 g/mol. The first-order valence-electron chi connectivity index (χ1n) is 4.48. The molecule has 0 saturated heterocycles. The number of anilines is 1. The van der Waals surface area contributed by atoms with E-state index in [4.69, 9.17) is 0 Å². The van der Waals surface area contributed by atoms with Gasteiger partial charge in [-0.15, -0.1) is 0 Å². The predicted molar refractivity (Wildman–Crippen MR) is 49.2 cm³/mol. The third-order valence-corrected chi connectivity index (χ3v) is 2.06. The van der Waals surface area contributed by atoms with Crippen molar-refractivity contribution < 1.29 is 9.32 Å². The summed E-state index contributed by atoms with van der Waals surface area (Å²) in [6.07, 6.45) is 4.61. The molecule has 1 N–H and O–H groups in total. The molecule has 1 heterocycles. The fourth-order valence-electron chi connectivity index (χ4n) is 1.17. The highest BCUT2D eigenvalue weighted by Gasteiger charge is 2.14. The van der Waals surface area contributed by atoms with Gasteiger partial charge < -0.3 is 9.84 Å². The molecule has 0 saturated carbocycles. The lowest BCUT2D eigenvalue weighted by Crippen LogP contribution is -2.21. The van der Waals surface area contributed by atoms with Crippen LogP contribution in [0.4, 0.5) is 5.69 Å². The third kappa shape index (κ3) is 2.57. The first-order valence-corrected chi connectivity index (χ1v) is 4.48. The standard InChI is InChI=1S/C9H14N2O2/c1-3-7(4-2)9(12)11-8-5-10-13-6-8/h5-7H,3-4H2,1-2H3,(H,11,12). The average molecular weight is 182 g/mol. The highest BCUT2D eigenvalue weighted by molar-refractivity contribution is 5.92. The van der Waals surface area contributed by atoms with Crippen molar-refractivity contribution in [3.05, 3.63) is 12.5 Å². The van der Waals surface area contributed by atoms with E-state index >= 15 is 0 Å². The van der Waals surface area contributed by atoms with Crippen molar-refractivity contribution in [1.82, 2.24) is 5.16 Å². The second-order valence-electron chi connectivity index (χ2n) is 2.92. The first-order chi connectivity index (χ1) is 6.27. The van der Waals surface area contributed by atoms with E-state index in [0.29, 0.717) is 5.69 Å². The molecule has 0 bridgehead atoms.